The quantitative estimate of drug-likeness (QED) is 0.499. The number of carbonyl (C=O) groups excluding carboxylic acids is 1. The molecule has 4 heteroatoms. The van der Waals surface area contributed by atoms with Crippen LogP contribution in [-0.2, 0) is 0 Å². The van der Waals surface area contributed by atoms with Gasteiger partial charge < -0.3 is 10.5 Å². The Hall–Kier alpha value is -2.62. The Balaban J connectivity index is 2.25. The zero-order valence-electron chi connectivity index (χ0n) is 10.5. The SMILES string of the molecule is COc1ccc(C(=O)c2ccc(C(=N)N)cc2)cc1. The molecule has 0 aliphatic heterocycles. The summed E-state index contributed by atoms with van der Waals surface area (Å²) < 4.78 is 5.05. The molecular weight excluding hydrogens is 240 g/mol. The van der Waals surface area contributed by atoms with E-state index < -0.39 is 0 Å². The van der Waals surface area contributed by atoms with E-state index >= 15 is 0 Å². The second-order valence-corrected chi connectivity index (χ2v) is 4.05. The van der Waals surface area contributed by atoms with Crippen LogP contribution in [0, 0.1) is 5.41 Å². The molecule has 0 aliphatic carbocycles. The van der Waals surface area contributed by atoms with Crippen LogP contribution in [0.25, 0.3) is 0 Å². The molecular formula is C15H14N2O2. The molecule has 0 bridgehead atoms. The number of nitrogens with one attached hydrogen (secondary N) is 1. The molecule has 0 saturated heterocycles. The molecule has 3 N–H and O–H groups in total. The smallest absolute Gasteiger partial charge is 0.193 e. The average Bonchev–Trinajstić information content (AvgIpc) is 2.46. The molecule has 19 heavy (non-hydrogen) atoms. The van der Waals surface area contributed by atoms with Crippen molar-refractivity contribution in [3.05, 3.63) is 65.2 Å². The van der Waals surface area contributed by atoms with Crippen molar-refractivity contribution in [2.24, 2.45) is 5.73 Å². The molecule has 0 aromatic heterocycles. The number of hydrogen-bond acceptors (Lipinski definition) is 3. The van der Waals surface area contributed by atoms with Gasteiger partial charge in [-0.3, -0.25) is 10.2 Å². The number of nitrogens with two attached hydrogens (primary N) is 1. The molecule has 96 valence electrons. The lowest BCUT2D eigenvalue weighted by atomic mass is 10.0. The number of ketones is 1. The summed E-state index contributed by atoms with van der Waals surface area (Å²) >= 11 is 0. The zero-order valence-corrected chi connectivity index (χ0v) is 10.5. The zero-order chi connectivity index (χ0) is 13.8. The van der Waals surface area contributed by atoms with Crippen LogP contribution >= 0.6 is 0 Å². The minimum absolute atomic E-state index is 0.0107. The van der Waals surface area contributed by atoms with Crippen LogP contribution < -0.4 is 10.5 Å². The molecule has 2 aromatic carbocycles. The topological polar surface area (TPSA) is 76.2 Å². The van der Waals surface area contributed by atoms with Crippen molar-refractivity contribution in [1.82, 2.24) is 0 Å². The third-order valence-electron chi connectivity index (χ3n) is 2.81. The molecule has 0 aliphatic rings. The van der Waals surface area contributed by atoms with Crippen LogP contribution in [0.1, 0.15) is 21.5 Å². The number of rotatable bonds is 4. The van der Waals surface area contributed by atoms with Gasteiger partial charge in [0, 0.05) is 16.7 Å². The predicted molar refractivity (Wildman–Crippen MR) is 73.9 cm³/mol. The Labute approximate surface area is 111 Å². The summed E-state index contributed by atoms with van der Waals surface area (Å²) in [4.78, 5) is 12.2. The van der Waals surface area contributed by atoms with Gasteiger partial charge in [0.2, 0.25) is 0 Å². The van der Waals surface area contributed by atoms with E-state index in [9.17, 15) is 4.79 Å². The number of ether oxygens (including phenoxy) is 1. The first-order valence-corrected chi connectivity index (χ1v) is 5.75. The molecule has 0 amide bonds. The van der Waals surface area contributed by atoms with Crippen LogP contribution in [0.15, 0.2) is 48.5 Å². The fourth-order valence-corrected chi connectivity index (χ4v) is 1.71. The minimum Gasteiger partial charge on any atom is -0.497 e. The summed E-state index contributed by atoms with van der Waals surface area (Å²) in [5, 5.41) is 7.30. The third-order valence-corrected chi connectivity index (χ3v) is 2.81. The van der Waals surface area contributed by atoms with Crippen LogP contribution in [0.4, 0.5) is 0 Å². The van der Waals surface area contributed by atoms with E-state index in [2.05, 4.69) is 0 Å². The highest BCUT2D eigenvalue weighted by molar-refractivity contribution is 6.09. The summed E-state index contributed by atoms with van der Waals surface area (Å²) in [6.45, 7) is 0. The molecule has 0 atom stereocenters. The van der Waals surface area contributed by atoms with Crippen LogP contribution in [0.3, 0.4) is 0 Å². The number of carbonyl (C=O) groups is 1. The molecule has 0 radical (unpaired) electrons. The second kappa shape index (κ2) is 5.35. The van der Waals surface area contributed by atoms with Crippen molar-refractivity contribution in [1.29, 1.82) is 5.41 Å². The van der Waals surface area contributed by atoms with Crippen molar-refractivity contribution < 1.29 is 9.53 Å². The van der Waals surface area contributed by atoms with E-state index in [4.69, 9.17) is 15.9 Å². The van der Waals surface area contributed by atoms with Gasteiger partial charge in [0.05, 0.1) is 7.11 Å². The maximum Gasteiger partial charge on any atom is 0.193 e. The molecule has 2 aromatic rings. The van der Waals surface area contributed by atoms with E-state index in [-0.39, 0.29) is 11.6 Å². The molecule has 0 heterocycles. The second-order valence-electron chi connectivity index (χ2n) is 4.05. The molecule has 0 fully saturated rings. The van der Waals surface area contributed by atoms with Crippen molar-refractivity contribution in [2.45, 2.75) is 0 Å². The van der Waals surface area contributed by atoms with Gasteiger partial charge in [0.15, 0.2) is 5.78 Å². The third kappa shape index (κ3) is 2.80. The normalized spacial score (nSPS) is 9.95. The Bertz CT molecular complexity index is 601. The molecule has 4 nitrogen and oxygen atoms in total. The van der Waals surface area contributed by atoms with E-state index in [1.807, 2.05) is 0 Å². The van der Waals surface area contributed by atoms with Crippen molar-refractivity contribution >= 4 is 11.6 Å². The number of hydrogen-bond donors (Lipinski definition) is 2. The van der Waals surface area contributed by atoms with Crippen molar-refractivity contribution in [3.63, 3.8) is 0 Å². The lowest BCUT2D eigenvalue weighted by Crippen LogP contribution is -2.11. The monoisotopic (exact) mass is 254 g/mol. The lowest BCUT2D eigenvalue weighted by Gasteiger charge is -2.04. The number of methoxy groups -OCH3 is 1. The van der Waals surface area contributed by atoms with Gasteiger partial charge in [-0.15, -0.1) is 0 Å². The van der Waals surface area contributed by atoms with Gasteiger partial charge in [0.1, 0.15) is 11.6 Å². The first-order chi connectivity index (χ1) is 9.11. The first-order valence-electron chi connectivity index (χ1n) is 5.75. The number of benzene rings is 2. The molecule has 0 unspecified atom stereocenters. The predicted octanol–water partition coefficient (Wildman–Crippen LogP) is 2.21. The Morgan fingerprint density at radius 1 is 0.947 bits per heavy atom. The Morgan fingerprint density at radius 2 is 1.37 bits per heavy atom. The average molecular weight is 254 g/mol. The summed E-state index contributed by atoms with van der Waals surface area (Å²) in [5.74, 6) is 0.629. The molecule has 0 saturated carbocycles. The largest absolute Gasteiger partial charge is 0.497 e. The summed E-state index contributed by atoms with van der Waals surface area (Å²) in [7, 11) is 1.58. The highest BCUT2D eigenvalue weighted by Gasteiger charge is 2.09. The van der Waals surface area contributed by atoms with Crippen LogP contribution in [0.2, 0.25) is 0 Å². The first kappa shape index (κ1) is 12.8. The van der Waals surface area contributed by atoms with E-state index in [1.165, 1.54) is 0 Å². The van der Waals surface area contributed by atoms with Crippen molar-refractivity contribution in [3.8, 4) is 5.75 Å². The Morgan fingerprint density at radius 3 is 1.79 bits per heavy atom. The minimum atomic E-state index is -0.0715. The standard InChI is InChI=1S/C15H14N2O2/c1-19-13-8-6-11(7-9-13)14(18)10-2-4-12(5-3-10)15(16)17/h2-9H,1H3,(H3,16,17). The van der Waals surface area contributed by atoms with Gasteiger partial charge in [0.25, 0.3) is 0 Å². The number of nitrogen functional groups attached to an aromatic ring is 1. The summed E-state index contributed by atoms with van der Waals surface area (Å²) in [6, 6.07) is 13.6. The van der Waals surface area contributed by atoms with Gasteiger partial charge in [-0.05, 0) is 24.3 Å². The maximum atomic E-state index is 12.2. The fourth-order valence-electron chi connectivity index (χ4n) is 1.71. The van der Waals surface area contributed by atoms with Gasteiger partial charge in [-0.25, -0.2) is 0 Å². The number of amidine groups is 1. The van der Waals surface area contributed by atoms with Gasteiger partial charge in [-0.1, -0.05) is 24.3 Å². The summed E-state index contributed by atoms with van der Waals surface area (Å²) in [5.41, 5.74) is 7.13. The molecule has 0 spiro atoms. The Kier molecular flexibility index (Phi) is 3.61. The van der Waals surface area contributed by atoms with E-state index in [0.29, 0.717) is 22.4 Å². The lowest BCUT2D eigenvalue weighted by molar-refractivity contribution is 0.103. The van der Waals surface area contributed by atoms with Gasteiger partial charge in [-0.2, -0.15) is 0 Å². The fraction of sp³-hybridized carbons (Fsp3) is 0.0667. The van der Waals surface area contributed by atoms with Crippen LogP contribution in [0.5, 0.6) is 5.75 Å². The van der Waals surface area contributed by atoms with Gasteiger partial charge >= 0.3 is 0 Å². The summed E-state index contributed by atoms with van der Waals surface area (Å²) in [6.07, 6.45) is 0. The van der Waals surface area contributed by atoms with E-state index in [1.54, 1.807) is 55.6 Å². The van der Waals surface area contributed by atoms with Crippen molar-refractivity contribution in [2.75, 3.05) is 7.11 Å². The molecule has 2 rings (SSSR count). The maximum absolute atomic E-state index is 12.2. The van der Waals surface area contributed by atoms with Crippen LogP contribution in [-0.4, -0.2) is 18.7 Å². The van der Waals surface area contributed by atoms with E-state index in [0.717, 1.165) is 0 Å². The highest BCUT2D eigenvalue weighted by Crippen LogP contribution is 2.15. The highest BCUT2D eigenvalue weighted by atomic mass is 16.5.